The number of rotatable bonds is 23. The highest BCUT2D eigenvalue weighted by Gasteiger charge is 2.35. The molecule has 22 heteroatoms. The van der Waals surface area contributed by atoms with Crippen molar-refractivity contribution in [2.24, 2.45) is 38.7 Å². The molecule has 6 atom stereocenters. The Kier molecular flexibility index (Phi) is 18.5. The van der Waals surface area contributed by atoms with Gasteiger partial charge in [-0.05, 0) is 89.5 Å². The van der Waals surface area contributed by atoms with E-state index in [1.165, 1.54) is 19.1 Å². The molecule has 1 aromatic carbocycles. The summed E-state index contributed by atoms with van der Waals surface area (Å²) in [5.74, 6) is -4.42. The Labute approximate surface area is 340 Å². The third-order valence-electron chi connectivity index (χ3n) is 9.33. The molecule has 1 aromatic heterocycles. The average Bonchev–Trinajstić information content (AvgIpc) is 3.61. The lowest BCUT2D eigenvalue weighted by atomic mass is 10.0. The fourth-order valence-electron chi connectivity index (χ4n) is 6.21. The highest BCUT2D eigenvalue weighted by atomic mass is 16.4. The first kappa shape index (κ1) is 47.1. The summed E-state index contributed by atoms with van der Waals surface area (Å²) in [5.41, 5.74) is 28.0. The molecule has 0 saturated carbocycles. The van der Waals surface area contributed by atoms with Gasteiger partial charge in [0.1, 0.15) is 35.8 Å². The summed E-state index contributed by atoms with van der Waals surface area (Å²) in [6.07, 6.45) is 0.391. The number of nitrogens with two attached hydrogens (primary N) is 5. The summed E-state index contributed by atoms with van der Waals surface area (Å²) in [6.45, 7) is 3.55. The Morgan fingerprint density at radius 2 is 1.39 bits per heavy atom. The quantitative estimate of drug-likeness (QED) is 0.0228. The summed E-state index contributed by atoms with van der Waals surface area (Å²) in [6, 6.07) is -0.0301. The number of carbonyl (C=O) groups excluding carboxylic acids is 6. The van der Waals surface area contributed by atoms with E-state index in [1.807, 2.05) is 0 Å². The van der Waals surface area contributed by atoms with Crippen molar-refractivity contribution in [2.45, 2.75) is 108 Å². The molecule has 0 spiro atoms. The molecular formula is C37H57N13O9. The van der Waals surface area contributed by atoms with Crippen LogP contribution in [0.5, 0.6) is 0 Å². The van der Waals surface area contributed by atoms with Crippen LogP contribution in [0.3, 0.4) is 0 Å². The molecule has 0 bridgehead atoms. The van der Waals surface area contributed by atoms with Crippen molar-refractivity contribution in [2.75, 3.05) is 25.0 Å². The van der Waals surface area contributed by atoms with Crippen molar-refractivity contribution in [3.63, 3.8) is 0 Å². The Morgan fingerprint density at radius 1 is 0.814 bits per heavy atom. The first-order chi connectivity index (χ1) is 28.0. The minimum atomic E-state index is -1.61. The maximum atomic E-state index is 13.9. The fraction of sp³-hybridized carbons (Fsp3) is 0.541. The minimum Gasteiger partial charge on any atom is -0.423 e. The van der Waals surface area contributed by atoms with Crippen LogP contribution in [-0.4, -0.2) is 108 Å². The number of fused-ring (bicyclic) bond motifs is 1. The second-order valence-corrected chi connectivity index (χ2v) is 14.2. The van der Waals surface area contributed by atoms with Gasteiger partial charge in [-0.3, -0.25) is 38.8 Å². The van der Waals surface area contributed by atoms with E-state index in [9.17, 15) is 38.7 Å². The number of aliphatic imine (C=N–C) groups is 2. The van der Waals surface area contributed by atoms with E-state index in [0.29, 0.717) is 23.8 Å². The maximum Gasteiger partial charge on any atom is 0.336 e. The zero-order valence-corrected chi connectivity index (χ0v) is 33.3. The number of aliphatic hydroxyl groups is 1. The normalized spacial score (nSPS) is 16.0. The third kappa shape index (κ3) is 15.5. The zero-order valence-electron chi connectivity index (χ0n) is 33.3. The van der Waals surface area contributed by atoms with Crippen molar-refractivity contribution in [1.82, 2.24) is 26.6 Å². The third-order valence-corrected chi connectivity index (χ3v) is 9.33. The molecule has 1 aliphatic rings. The number of unbranched alkanes of at least 4 members (excludes halogenated alkanes) is 1. The van der Waals surface area contributed by atoms with Crippen molar-refractivity contribution in [3.8, 4) is 0 Å². The van der Waals surface area contributed by atoms with Gasteiger partial charge in [-0.15, -0.1) is 0 Å². The second kappa shape index (κ2) is 23.2. The van der Waals surface area contributed by atoms with Crippen molar-refractivity contribution in [1.29, 1.82) is 0 Å². The molecule has 3 rings (SSSR count). The van der Waals surface area contributed by atoms with E-state index in [0.717, 1.165) is 0 Å². The van der Waals surface area contributed by atoms with Crippen molar-refractivity contribution in [3.05, 3.63) is 40.2 Å². The van der Waals surface area contributed by atoms with Crippen LogP contribution >= 0.6 is 0 Å². The lowest BCUT2D eigenvalue weighted by molar-refractivity contribution is -0.136. The number of aryl methyl sites for hydroxylation is 1. The average molecular weight is 828 g/mol. The summed E-state index contributed by atoms with van der Waals surface area (Å²) in [5, 5.41) is 26.9. The highest BCUT2D eigenvalue weighted by molar-refractivity contribution is 6.00. The van der Waals surface area contributed by atoms with Crippen LogP contribution < -0.4 is 66.2 Å². The summed E-state index contributed by atoms with van der Waals surface area (Å²) in [4.78, 5) is 99.4. The molecule has 2 heterocycles. The van der Waals surface area contributed by atoms with Gasteiger partial charge in [0, 0.05) is 42.7 Å². The van der Waals surface area contributed by atoms with E-state index in [1.54, 1.807) is 19.1 Å². The summed E-state index contributed by atoms with van der Waals surface area (Å²) < 4.78 is 5.30. The Morgan fingerprint density at radius 3 is 1.97 bits per heavy atom. The number of benzene rings is 1. The minimum absolute atomic E-state index is 0.0211. The topological polar surface area (TPSA) is 380 Å². The van der Waals surface area contributed by atoms with Gasteiger partial charge in [-0.25, -0.2) is 4.79 Å². The number of carbonyl (C=O) groups is 6. The number of hydrogen-bond donors (Lipinski definition) is 12. The standard InChI is InChI=1S/C37H57N13O9/c1-19-17-29(53)59-27-18-21(10-11-22(19)27)45-31(54)24(8-5-15-43-36(39)40)47-32(55)23(7-3-4-14-38)49-35(58)30(20(2)51)50-34(57)25(9-6-16-44-37(41)42)48-33(56)26-12-13-28(52)46-26/h10-11,17-18,20,23-26,30,51H,3-9,12-16,38H2,1-2H3,(H,45,54)(H,46,52)(H,47,55)(H,48,56)(H,49,58)(H,50,57)(H4,39,40,43)(H4,41,42,44). The summed E-state index contributed by atoms with van der Waals surface area (Å²) in [7, 11) is 0. The largest absolute Gasteiger partial charge is 0.423 e. The fourth-order valence-corrected chi connectivity index (χ4v) is 6.21. The lowest BCUT2D eigenvalue weighted by Gasteiger charge is -2.28. The molecule has 59 heavy (non-hydrogen) atoms. The Bertz CT molecular complexity index is 1930. The van der Waals surface area contributed by atoms with Gasteiger partial charge in [-0.1, -0.05) is 0 Å². The van der Waals surface area contributed by atoms with Crippen molar-refractivity contribution < 1.29 is 38.3 Å². The molecular weight excluding hydrogens is 770 g/mol. The molecule has 2 aromatic rings. The molecule has 17 N–H and O–H groups in total. The number of nitrogens with zero attached hydrogens (tertiary/aromatic N) is 2. The number of aliphatic hydroxyl groups excluding tert-OH is 1. The van der Waals surface area contributed by atoms with Crippen LogP contribution in [0.1, 0.15) is 70.3 Å². The first-order valence-electron chi connectivity index (χ1n) is 19.3. The van der Waals surface area contributed by atoms with Gasteiger partial charge >= 0.3 is 5.63 Å². The SMILES string of the molecule is Cc1cc(=O)oc2cc(NC(=O)C(CCCN=C(N)N)NC(=O)C(CCCCN)NC(=O)C(NC(=O)C(CCCN=C(N)N)NC(=O)C3CCC(=O)N3)C(C)O)ccc12. The number of guanidine groups is 2. The van der Waals surface area contributed by atoms with Crippen LogP contribution in [-0.2, 0) is 28.8 Å². The molecule has 6 unspecified atom stereocenters. The van der Waals surface area contributed by atoms with Gasteiger partial charge in [0.2, 0.25) is 35.4 Å². The predicted molar refractivity (Wildman–Crippen MR) is 219 cm³/mol. The Hall–Kier alpha value is -6.29. The molecule has 6 amide bonds. The van der Waals surface area contributed by atoms with Crippen molar-refractivity contribution >= 4 is 64.0 Å². The van der Waals surface area contributed by atoms with Crippen LogP contribution in [0.15, 0.2) is 43.5 Å². The molecule has 1 aliphatic heterocycles. The van der Waals surface area contributed by atoms with Gasteiger partial charge in [0.15, 0.2) is 11.9 Å². The van der Waals surface area contributed by atoms with E-state index >= 15 is 0 Å². The second-order valence-electron chi connectivity index (χ2n) is 14.2. The molecule has 1 saturated heterocycles. The van der Waals surface area contributed by atoms with Gasteiger partial charge in [0.25, 0.3) is 0 Å². The molecule has 0 radical (unpaired) electrons. The smallest absolute Gasteiger partial charge is 0.336 e. The monoisotopic (exact) mass is 827 g/mol. The van der Waals surface area contributed by atoms with Gasteiger partial charge < -0.3 is 70.1 Å². The van der Waals surface area contributed by atoms with E-state index in [2.05, 4.69) is 41.9 Å². The van der Waals surface area contributed by atoms with Gasteiger partial charge in [-0.2, -0.15) is 0 Å². The molecule has 0 aliphatic carbocycles. The van der Waals surface area contributed by atoms with Crippen LogP contribution in [0.4, 0.5) is 5.69 Å². The zero-order chi connectivity index (χ0) is 43.6. The maximum absolute atomic E-state index is 13.9. The van der Waals surface area contributed by atoms with Crippen LogP contribution in [0.25, 0.3) is 11.0 Å². The van der Waals surface area contributed by atoms with E-state index < -0.39 is 71.5 Å². The highest BCUT2D eigenvalue weighted by Crippen LogP contribution is 2.21. The number of hydrogen-bond acceptors (Lipinski definition) is 12. The van der Waals surface area contributed by atoms with Crippen LogP contribution in [0, 0.1) is 6.92 Å². The molecule has 324 valence electrons. The number of anilines is 1. The number of nitrogens with one attached hydrogen (secondary N) is 6. The van der Waals surface area contributed by atoms with E-state index in [-0.39, 0.29) is 93.7 Å². The molecule has 22 nitrogen and oxygen atoms in total. The van der Waals surface area contributed by atoms with Gasteiger partial charge in [0.05, 0.1) is 6.10 Å². The van der Waals surface area contributed by atoms with Crippen LogP contribution in [0.2, 0.25) is 0 Å². The number of amides is 6. The lowest BCUT2D eigenvalue weighted by Crippen LogP contribution is -2.61. The summed E-state index contributed by atoms with van der Waals surface area (Å²) >= 11 is 0. The predicted octanol–water partition coefficient (Wildman–Crippen LogP) is -3.13. The first-order valence-corrected chi connectivity index (χ1v) is 19.3. The Balaban J connectivity index is 1.81. The van der Waals surface area contributed by atoms with E-state index in [4.69, 9.17) is 33.1 Å². The molecule has 1 fully saturated rings.